The van der Waals surface area contributed by atoms with Gasteiger partial charge in [-0.05, 0) is 109 Å². The number of carbonyl (C=O) groups excluding carboxylic acids is 1. The average molecular weight is 487 g/mol. The van der Waals surface area contributed by atoms with Crippen LogP contribution in [0.2, 0.25) is 51.9 Å². The minimum Gasteiger partial charge on any atom is -0.460 e. The highest BCUT2D eigenvalue weighted by molar-refractivity contribution is 6.87. The van der Waals surface area contributed by atoms with E-state index in [-0.39, 0.29) is 12.1 Å². The van der Waals surface area contributed by atoms with E-state index >= 15 is 0 Å². The first-order valence-electron chi connectivity index (χ1n) is 12.2. The number of rotatable bonds is 11. The standard InChI is InChI=1S/C23H46O5Si3/c1-29(2,3)27-31(7,28-30(4,5)6)17-16-20-12-14-22(21(24)18-20)26-23(25)15-13-19-10-8-9-11-19/h8,10,19-22,24H,9,11-18H2,1-7H3. The first-order chi connectivity index (χ1) is 14.2. The third-order valence-corrected chi connectivity index (χ3v) is 15.6. The van der Waals surface area contributed by atoms with Crippen molar-refractivity contribution in [2.24, 2.45) is 11.8 Å². The molecule has 0 bridgehead atoms. The highest BCUT2D eigenvalue weighted by Gasteiger charge is 2.41. The van der Waals surface area contributed by atoms with Gasteiger partial charge in [-0.1, -0.05) is 12.2 Å². The molecule has 4 unspecified atom stereocenters. The van der Waals surface area contributed by atoms with Crippen molar-refractivity contribution in [2.75, 3.05) is 0 Å². The van der Waals surface area contributed by atoms with E-state index in [2.05, 4.69) is 58.0 Å². The maximum atomic E-state index is 12.2. The second-order valence-corrected chi connectivity index (χ2v) is 24.5. The minimum atomic E-state index is -2.24. The van der Waals surface area contributed by atoms with Crippen molar-refractivity contribution >= 4 is 31.2 Å². The summed E-state index contributed by atoms with van der Waals surface area (Å²) in [5, 5.41) is 10.6. The van der Waals surface area contributed by atoms with Gasteiger partial charge in [0.05, 0.1) is 6.10 Å². The van der Waals surface area contributed by atoms with Crippen LogP contribution >= 0.6 is 0 Å². The van der Waals surface area contributed by atoms with Crippen LogP contribution in [0.25, 0.3) is 0 Å². The predicted octanol–water partition coefficient (Wildman–Crippen LogP) is 5.97. The molecule has 31 heavy (non-hydrogen) atoms. The van der Waals surface area contributed by atoms with Crippen molar-refractivity contribution < 1.29 is 22.9 Å². The Hall–Kier alpha value is -0.259. The van der Waals surface area contributed by atoms with Crippen LogP contribution in [0.4, 0.5) is 0 Å². The quantitative estimate of drug-likeness (QED) is 0.221. The summed E-state index contributed by atoms with van der Waals surface area (Å²) >= 11 is 0. The zero-order valence-electron chi connectivity index (χ0n) is 20.9. The summed E-state index contributed by atoms with van der Waals surface area (Å²) in [4.78, 5) is 12.2. The van der Waals surface area contributed by atoms with Gasteiger partial charge < -0.3 is 18.1 Å². The largest absolute Gasteiger partial charge is 0.460 e. The maximum absolute atomic E-state index is 12.2. The molecule has 0 amide bonds. The van der Waals surface area contributed by atoms with Gasteiger partial charge in [-0.2, -0.15) is 0 Å². The Balaban J connectivity index is 1.79. The summed E-state index contributed by atoms with van der Waals surface area (Å²) in [5.74, 6) is 0.800. The molecule has 0 aliphatic heterocycles. The van der Waals surface area contributed by atoms with Gasteiger partial charge in [-0.3, -0.25) is 4.79 Å². The van der Waals surface area contributed by atoms with Gasteiger partial charge >= 0.3 is 14.5 Å². The lowest BCUT2D eigenvalue weighted by atomic mass is 9.84. The van der Waals surface area contributed by atoms with Crippen molar-refractivity contribution in [2.45, 2.75) is 115 Å². The molecule has 8 heteroatoms. The molecule has 180 valence electrons. The molecule has 0 radical (unpaired) electrons. The Morgan fingerprint density at radius 2 is 1.61 bits per heavy atom. The normalized spacial score (nSPS) is 27.5. The van der Waals surface area contributed by atoms with Crippen molar-refractivity contribution in [1.82, 2.24) is 0 Å². The molecular weight excluding hydrogens is 441 g/mol. The van der Waals surface area contributed by atoms with Crippen molar-refractivity contribution in [3.8, 4) is 0 Å². The molecule has 1 fully saturated rings. The van der Waals surface area contributed by atoms with E-state index in [1.54, 1.807) is 0 Å². The van der Waals surface area contributed by atoms with Crippen molar-refractivity contribution in [3.05, 3.63) is 12.2 Å². The van der Waals surface area contributed by atoms with E-state index in [1.165, 1.54) is 0 Å². The van der Waals surface area contributed by atoms with Gasteiger partial charge in [0.1, 0.15) is 6.10 Å². The Kier molecular flexibility index (Phi) is 9.79. The molecule has 0 aromatic carbocycles. The molecule has 1 saturated carbocycles. The molecule has 5 nitrogen and oxygen atoms in total. The van der Waals surface area contributed by atoms with E-state index < -0.39 is 31.3 Å². The lowest BCUT2D eigenvalue weighted by molar-refractivity contribution is -0.159. The zero-order valence-corrected chi connectivity index (χ0v) is 23.9. The topological polar surface area (TPSA) is 65.0 Å². The number of aliphatic hydroxyl groups excluding tert-OH is 1. The SMILES string of the molecule is C[Si](C)(C)O[Si](C)(CCC1CCC(OC(=O)CCC2C=CCC2)C(O)C1)O[Si](C)(C)C. The number of esters is 1. The Morgan fingerprint density at radius 1 is 0.968 bits per heavy atom. The van der Waals surface area contributed by atoms with Crippen LogP contribution in [0.1, 0.15) is 51.4 Å². The van der Waals surface area contributed by atoms with Crippen LogP contribution in [0.3, 0.4) is 0 Å². The fraction of sp³-hybridized carbons (Fsp3) is 0.870. The summed E-state index contributed by atoms with van der Waals surface area (Å²) < 4.78 is 18.9. The molecule has 2 aliphatic carbocycles. The maximum Gasteiger partial charge on any atom is 0.314 e. The average Bonchev–Trinajstić information content (AvgIpc) is 3.10. The molecule has 2 rings (SSSR count). The van der Waals surface area contributed by atoms with Crippen molar-refractivity contribution in [1.29, 1.82) is 0 Å². The van der Waals surface area contributed by atoms with E-state index in [1.807, 2.05) is 0 Å². The van der Waals surface area contributed by atoms with Crippen LogP contribution in [-0.2, 0) is 17.8 Å². The molecule has 4 atom stereocenters. The predicted molar refractivity (Wildman–Crippen MR) is 134 cm³/mol. The molecule has 2 aliphatic rings. The second kappa shape index (κ2) is 11.2. The number of ether oxygens (including phenoxy) is 1. The summed E-state index contributed by atoms with van der Waals surface area (Å²) in [6, 6.07) is 0.971. The van der Waals surface area contributed by atoms with E-state index in [4.69, 9.17) is 13.0 Å². The van der Waals surface area contributed by atoms with Crippen LogP contribution in [-0.4, -0.2) is 48.5 Å². The minimum absolute atomic E-state index is 0.158. The number of aliphatic hydroxyl groups is 1. The van der Waals surface area contributed by atoms with Gasteiger partial charge in [0.15, 0.2) is 16.6 Å². The Bertz CT molecular complexity index is 595. The monoisotopic (exact) mass is 486 g/mol. The summed E-state index contributed by atoms with van der Waals surface area (Å²) in [6.45, 7) is 15.6. The number of hydrogen-bond donors (Lipinski definition) is 1. The summed E-state index contributed by atoms with van der Waals surface area (Å²) in [5.41, 5.74) is 0. The molecule has 0 heterocycles. The summed E-state index contributed by atoms with van der Waals surface area (Å²) in [6.07, 6.45) is 10.5. The molecule has 0 saturated heterocycles. The van der Waals surface area contributed by atoms with Crippen LogP contribution < -0.4 is 0 Å². The van der Waals surface area contributed by atoms with Gasteiger partial charge in [0, 0.05) is 6.42 Å². The lowest BCUT2D eigenvalue weighted by Gasteiger charge is -2.40. The fourth-order valence-corrected chi connectivity index (χ4v) is 17.6. The molecule has 1 N–H and O–H groups in total. The van der Waals surface area contributed by atoms with Crippen molar-refractivity contribution in [3.63, 3.8) is 0 Å². The lowest BCUT2D eigenvalue weighted by Crippen LogP contribution is -2.52. The molecule has 0 spiro atoms. The zero-order chi connectivity index (χ0) is 23.3. The Morgan fingerprint density at radius 3 is 2.13 bits per heavy atom. The highest BCUT2D eigenvalue weighted by Crippen LogP contribution is 2.34. The van der Waals surface area contributed by atoms with Gasteiger partial charge in [0.25, 0.3) is 0 Å². The molecule has 0 aromatic heterocycles. The Labute approximate surface area is 193 Å². The summed E-state index contributed by atoms with van der Waals surface area (Å²) in [7, 11) is -5.63. The number of hydrogen-bond acceptors (Lipinski definition) is 5. The second-order valence-electron chi connectivity index (χ2n) is 11.7. The third-order valence-electron chi connectivity index (χ3n) is 6.03. The van der Waals surface area contributed by atoms with Gasteiger partial charge in [-0.25, -0.2) is 0 Å². The van der Waals surface area contributed by atoms with E-state index in [0.717, 1.165) is 44.6 Å². The van der Waals surface area contributed by atoms with E-state index in [9.17, 15) is 9.90 Å². The smallest absolute Gasteiger partial charge is 0.314 e. The third kappa shape index (κ3) is 10.5. The first-order valence-corrected chi connectivity index (χ1v) is 21.5. The van der Waals surface area contributed by atoms with Crippen LogP contribution in [0, 0.1) is 11.8 Å². The molecule has 0 aromatic rings. The first kappa shape index (κ1) is 27.0. The number of carbonyl (C=O) groups is 1. The fourth-order valence-electron chi connectivity index (χ4n) is 4.95. The van der Waals surface area contributed by atoms with E-state index in [0.29, 0.717) is 24.7 Å². The highest BCUT2D eigenvalue weighted by atomic mass is 28.5. The van der Waals surface area contributed by atoms with Gasteiger partial charge in [0.2, 0.25) is 0 Å². The van der Waals surface area contributed by atoms with Gasteiger partial charge in [-0.15, -0.1) is 0 Å². The van der Waals surface area contributed by atoms with Crippen LogP contribution in [0.15, 0.2) is 12.2 Å². The van der Waals surface area contributed by atoms with Crippen LogP contribution in [0.5, 0.6) is 0 Å². The number of allylic oxidation sites excluding steroid dienone is 2. The molecular formula is C23H46O5Si3.